The number of thiophene rings is 1. The third-order valence-corrected chi connectivity index (χ3v) is 8.60. The number of carbonyl (C=O) groups is 1. The van der Waals surface area contributed by atoms with Crippen LogP contribution in [0.2, 0.25) is 0 Å². The van der Waals surface area contributed by atoms with Crippen LogP contribution in [0.25, 0.3) is 14.9 Å². The van der Waals surface area contributed by atoms with E-state index >= 15 is 0 Å². The van der Waals surface area contributed by atoms with Crippen molar-refractivity contribution in [3.63, 3.8) is 0 Å². The Hall–Kier alpha value is -2.60. The van der Waals surface area contributed by atoms with E-state index in [1.807, 2.05) is 0 Å². The molecule has 1 saturated heterocycles. The van der Waals surface area contributed by atoms with E-state index in [2.05, 4.69) is 15.0 Å². The number of carbonyl (C=O) groups excluding carboxylic acids is 1. The Morgan fingerprint density at radius 2 is 1.88 bits per heavy atom. The van der Waals surface area contributed by atoms with Crippen LogP contribution in [0, 0.1) is 0 Å². The van der Waals surface area contributed by atoms with Crippen LogP contribution >= 0.6 is 11.3 Å². The van der Waals surface area contributed by atoms with Crippen LogP contribution in [0.15, 0.2) is 29.2 Å². The van der Waals surface area contributed by atoms with Crippen molar-refractivity contribution in [1.82, 2.24) is 9.97 Å². The molecule has 1 fully saturated rings. The van der Waals surface area contributed by atoms with Crippen LogP contribution in [0.3, 0.4) is 0 Å². The highest BCUT2D eigenvalue weighted by atomic mass is 32.2. The van der Waals surface area contributed by atoms with Crippen LogP contribution in [0.4, 0.5) is 11.5 Å². The van der Waals surface area contributed by atoms with Gasteiger partial charge in [0.15, 0.2) is 0 Å². The number of nitrogens with one attached hydrogen (secondary N) is 2. The Morgan fingerprint density at radius 3 is 2.62 bits per heavy atom. The van der Waals surface area contributed by atoms with Gasteiger partial charge in [-0.25, -0.2) is 13.4 Å². The summed E-state index contributed by atoms with van der Waals surface area (Å²) in [7, 11) is -4.00. The molecule has 11 heteroatoms. The Balaban J connectivity index is 1.51. The van der Waals surface area contributed by atoms with Crippen LogP contribution in [0.1, 0.15) is 36.0 Å². The molecule has 1 amide bonds. The number of amides is 1. The molecular formula is C23H27N5O4S2. The third-order valence-electron chi connectivity index (χ3n) is 6.13. The summed E-state index contributed by atoms with van der Waals surface area (Å²) in [6, 6.07) is 6.01. The summed E-state index contributed by atoms with van der Waals surface area (Å²) in [6.45, 7) is 5.14. The molecule has 1 aliphatic carbocycles. The zero-order valence-corrected chi connectivity index (χ0v) is 20.6. The lowest BCUT2D eigenvalue weighted by Crippen LogP contribution is -3.12. The summed E-state index contributed by atoms with van der Waals surface area (Å²) in [4.78, 5) is 24.2. The number of aryl methyl sites for hydroxylation is 2. The minimum atomic E-state index is -4.00. The number of nitrogens with zero attached hydrogens (tertiary/aromatic N) is 3. The quantitative estimate of drug-likeness (QED) is 0.536. The summed E-state index contributed by atoms with van der Waals surface area (Å²) in [5.74, 6) is 0.622. The standard InChI is InChI=1S/C23H27N5O4S2/c1-15(29)24-16-6-8-17(9-7-16)34(30,31)27-22-21-18-4-2-3-5-19(18)33-23(21)26-20(25-22)14-28-10-12-32-13-11-28/h6-9H,2-5,10-14H2,1H3,(H2,24,25,26,27,29). The number of quaternary nitrogens is 1. The lowest BCUT2D eigenvalue weighted by atomic mass is 9.97. The van der Waals surface area contributed by atoms with E-state index < -0.39 is 10.0 Å². The van der Waals surface area contributed by atoms with Crippen LogP contribution < -0.4 is 10.2 Å². The predicted molar refractivity (Wildman–Crippen MR) is 130 cm³/mol. The van der Waals surface area contributed by atoms with Gasteiger partial charge in [-0.2, -0.15) is 0 Å². The van der Waals surface area contributed by atoms with Gasteiger partial charge in [-0.1, -0.05) is 0 Å². The second-order valence-corrected chi connectivity index (χ2v) is 11.4. The highest BCUT2D eigenvalue weighted by Gasteiger charge is 2.21. The fourth-order valence-corrected chi connectivity index (χ4v) is 6.69. The molecule has 3 aromatic rings. The van der Waals surface area contributed by atoms with E-state index in [0.29, 0.717) is 31.3 Å². The lowest BCUT2D eigenvalue weighted by molar-refractivity contribution is -0.922. The van der Waals surface area contributed by atoms with Gasteiger partial charge in [0.2, 0.25) is 15.9 Å². The topological polar surface area (TPSA) is 117 Å². The first kappa shape index (κ1) is 23.2. The minimum absolute atomic E-state index is 0.0535. The van der Waals surface area contributed by atoms with Crippen molar-refractivity contribution in [3.8, 4) is 0 Å². The molecule has 34 heavy (non-hydrogen) atoms. The molecule has 0 saturated carbocycles. The molecule has 9 nitrogen and oxygen atoms in total. The number of aromatic nitrogens is 2. The Labute approximate surface area is 202 Å². The molecule has 0 radical (unpaired) electrons. The number of sulfonamides is 1. The molecule has 180 valence electrons. The van der Waals surface area contributed by atoms with Crippen LogP contribution in [0.5, 0.6) is 0 Å². The van der Waals surface area contributed by atoms with Gasteiger partial charge < -0.3 is 24.7 Å². The molecule has 0 bridgehead atoms. The highest BCUT2D eigenvalue weighted by Crippen LogP contribution is 2.42. The minimum Gasteiger partial charge on any atom is -0.418 e. The Morgan fingerprint density at radius 1 is 1.15 bits per heavy atom. The second-order valence-electron chi connectivity index (χ2n) is 8.67. The van der Waals surface area contributed by atoms with Crippen molar-refractivity contribution in [2.75, 3.05) is 31.6 Å². The first-order chi connectivity index (χ1) is 16.4. The number of fused-ring (bicyclic) bond motifs is 3. The summed E-state index contributed by atoms with van der Waals surface area (Å²) in [5, 5.41) is 3.42. The van der Waals surface area contributed by atoms with Gasteiger partial charge in [0, 0.05) is 22.9 Å². The van der Waals surface area contributed by atoms with E-state index in [4.69, 9.17) is 9.72 Å². The summed E-state index contributed by atoms with van der Waals surface area (Å²) in [6.07, 6.45) is 4.07. The maximum absolute atomic E-state index is 13.2. The monoisotopic (exact) mass is 501 g/mol. The molecule has 2 aromatic heterocycles. The SMILES string of the molecule is CC(=O)Nc1ccc(S(=O)(=O)[N-]c2nc(C[NH+]3CCOCC3)nc3sc4c(c23)CCCC4)cc1. The van der Waals surface area contributed by atoms with E-state index in [-0.39, 0.29) is 16.6 Å². The normalized spacial score (nSPS) is 16.9. The molecule has 2 N–H and O–H groups in total. The molecule has 5 rings (SSSR count). The molecule has 3 heterocycles. The van der Waals surface area contributed by atoms with Gasteiger partial charge >= 0.3 is 0 Å². The highest BCUT2D eigenvalue weighted by molar-refractivity contribution is 7.94. The maximum atomic E-state index is 13.2. The molecule has 1 aliphatic heterocycles. The fraction of sp³-hybridized carbons (Fsp3) is 0.435. The summed E-state index contributed by atoms with van der Waals surface area (Å²) >= 11 is 1.64. The number of hydrogen-bond donors (Lipinski definition) is 2. The van der Waals surface area contributed by atoms with Gasteiger partial charge in [-0.05, 0) is 61.3 Å². The van der Waals surface area contributed by atoms with E-state index in [9.17, 15) is 13.2 Å². The first-order valence-corrected chi connectivity index (χ1v) is 13.7. The van der Waals surface area contributed by atoms with Gasteiger partial charge in [0.1, 0.15) is 24.5 Å². The maximum Gasteiger partial charge on any atom is 0.221 e. The van der Waals surface area contributed by atoms with Crippen LogP contribution in [-0.2, 0) is 38.9 Å². The molecular weight excluding hydrogens is 474 g/mol. The van der Waals surface area contributed by atoms with Crippen LogP contribution in [-0.4, -0.2) is 50.6 Å². The number of anilines is 1. The van der Waals surface area contributed by atoms with E-state index in [1.54, 1.807) is 23.5 Å². The van der Waals surface area contributed by atoms with Gasteiger partial charge in [-0.15, -0.1) is 11.3 Å². The van der Waals surface area contributed by atoms with Gasteiger partial charge in [0.25, 0.3) is 0 Å². The lowest BCUT2D eigenvalue weighted by Gasteiger charge is -2.25. The van der Waals surface area contributed by atoms with Crippen molar-refractivity contribution in [1.29, 1.82) is 0 Å². The zero-order chi connectivity index (χ0) is 23.7. The Kier molecular flexibility index (Phi) is 6.52. The smallest absolute Gasteiger partial charge is 0.221 e. The van der Waals surface area contributed by atoms with Gasteiger partial charge in [-0.3, -0.25) is 4.79 Å². The first-order valence-electron chi connectivity index (χ1n) is 11.5. The van der Waals surface area contributed by atoms with Crippen molar-refractivity contribution >= 4 is 49.0 Å². The van der Waals surface area contributed by atoms with Gasteiger partial charge in [0.05, 0.1) is 23.9 Å². The second kappa shape index (κ2) is 9.57. The zero-order valence-electron chi connectivity index (χ0n) is 19.0. The summed E-state index contributed by atoms with van der Waals surface area (Å²) in [5.41, 5.74) is 1.67. The number of hydrogen-bond acceptors (Lipinski definition) is 7. The molecule has 1 aromatic carbocycles. The van der Waals surface area contributed by atoms with Crippen molar-refractivity contribution in [3.05, 3.63) is 45.3 Å². The van der Waals surface area contributed by atoms with E-state index in [1.165, 1.54) is 28.8 Å². The molecule has 0 unspecified atom stereocenters. The number of rotatable bonds is 6. The number of ether oxygens (including phenoxy) is 1. The van der Waals surface area contributed by atoms with Crippen molar-refractivity contribution < 1.29 is 22.8 Å². The largest absolute Gasteiger partial charge is 0.418 e. The number of benzene rings is 1. The molecule has 0 atom stereocenters. The van der Waals surface area contributed by atoms with Crippen molar-refractivity contribution in [2.45, 2.75) is 44.0 Å². The van der Waals surface area contributed by atoms with Crippen molar-refractivity contribution in [2.24, 2.45) is 0 Å². The Bertz CT molecular complexity index is 1320. The summed E-state index contributed by atoms with van der Waals surface area (Å²) < 4.78 is 36.1. The predicted octanol–water partition coefficient (Wildman–Crippen LogP) is 2.34. The number of morpholine rings is 1. The fourth-order valence-electron chi connectivity index (χ4n) is 4.47. The third kappa shape index (κ3) is 4.92. The molecule has 2 aliphatic rings. The molecule has 0 spiro atoms. The van der Waals surface area contributed by atoms with E-state index in [0.717, 1.165) is 54.6 Å². The average molecular weight is 502 g/mol. The average Bonchev–Trinajstić information content (AvgIpc) is 3.18.